The van der Waals surface area contributed by atoms with Crippen LogP contribution in [-0.2, 0) is 4.74 Å². The molecule has 0 aromatic carbocycles. The second-order valence-corrected chi connectivity index (χ2v) is 10.2. The zero-order chi connectivity index (χ0) is 25.0. The quantitative estimate of drug-likeness (QED) is 0.361. The molecule has 186 valence electrons. The molecule has 1 saturated carbocycles. The van der Waals surface area contributed by atoms with Crippen molar-refractivity contribution in [3.63, 3.8) is 0 Å². The van der Waals surface area contributed by atoms with E-state index in [0.717, 1.165) is 17.7 Å². The van der Waals surface area contributed by atoms with Crippen LogP contribution < -0.4 is 16.5 Å². The Kier molecular flexibility index (Phi) is 5.45. The smallest absolute Gasteiger partial charge is 0.326 e. The zero-order valence-corrected chi connectivity index (χ0v) is 20.4. The summed E-state index contributed by atoms with van der Waals surface area (Å²) in [7, 11) is 0. The molecule has 6 rings (SSSR count). The number of amides is 1. The number of ether oxygens (including phenoxy) is 1. The number of hydrogen-bond donors (Lipinski definition) is 3. The van der Waals surface area contributed by atoms with Gasteiger partial charge in [0.2, 0.25) is 11.5 Å². The number of nitrogens with zero attached hydrogens (tertiary/aromatic N) is 6. The van der Waals surface area contributed by atoms with Crippen molar-refractivity contribution in [3.05, 3.63) is 50.2 Å². The van der Waals surface area contributed by atoms with Gasteiger partial charge in [-0.1, -0.05) is 0 Å². The first-order chi connectivity index (χ1) is 17.3. The first-order valence-electron chi connectivity index (χ1n) is 11.7. The third-order valence-corrected chi connectivity index (χ3v) is 7.07. The zero-order valence-electron chi connectivity index (χ0n) is 19.6. The van der Waals surface area contributed by atoms with E-state index >= 15 is 0 Å². The van der Waals surface area contributed by atoms with Gasteiger partial charge in [0.25, 0.3) is 5.91 Å². The lowest BCUT2D eigenvalue weighted by molar-refractivity contribution is -0.0585. The van der Waals surface area contributed by atoms with Crippen molar-refractivity contribution in [2.24, 2.45) is 4.99 Å². The third kappa shape index (κ3) is 4.31. The van der Waals surface area contributed by atoms with Crippen LogP contribution in [0.25, 0.3) is 22.4 Å². The highest BCUT2D eigenvalue weighted by molar-refractivity contribution is 7.17. The highest BCUT2D eigenvalue weighted by Crippen LogP contribution is 2.27. The van der Waals surface area contributed by atoms with E-state index in [2.05, 4.69) is 20.1 Å². The molecule has 13 heteroatoms. The van der Waals surface area contributed by atoms with Crippen LogP contribution in [0.5, 0.6) is 5.88 Å². The Morgan fingerprint density at radius 3 is 2.69 bits per heavy atom. The standard InChI is InChI=1S/C23H24N8O4S/c1-11-9-30(10-12(2)35-11)21(33)17-6-5-16(36-17)18-27-19-13(7-15-20(32)29-23(34)26-15)8-24-31(19)22(28-18)25-14-3-4-14/h5-8,11-12,14,32H,3-4,9-10H2,1-2H3,(H2,26,29,34)/b13-7-,25-22?. The van der Waals surface area contributed by atoms with Crippen LogP contribution >= 0.6 is 11.3 Å². The predicted octanol–water partition coefficient (Wildman–Crippen LogP) is 0.435. The predicted molar refractivity (Wildman–Crippen MR) is 130 cm³/mol. The summed E-state index contributed by atoms with van der Waals surface area (Å²) in [5, 5.41) is 14.9. The summed E-state index contributed by atoms with van der Waals surface area (Å²) in [6, 6.07) is 3.83. The van der Waals surface area contributed by atoms with Gasteiger partial charge in [0.1, 0.15) is 5.69 Å². The minimum Gasteiger partial charge on any atom is -0.493 e. The van der Waals surface area contributed by atoms with Crippen LogP contribution in [0, 0.1) is 0 Å². The van der Waals surface area contributed by atoms with Gasteiger partial charge in [-0.05, 0) is 44.9 Å². The number of aromatic hydroxyl groups is 1. The number of carbonyl (C=O) groups is 1. The first kappa shape index (κ1) is 22.6. The molecule has 2 aliphatic rings. The maximum Gasteiger partial charge on any atom is 0.326 e. The number of nitrogens with one attached hydrogen (secondary N) is 2. The molecular weight excluding hydrogens is 484 g/mol. The highest BCUT2D eigenvalue weighted by atomic mass is 32.1. The van der Waals surface area contributed by atoms with E-state index in [-0.39, 0.29) is 35.7 Å². The lowest BCUT2D eigenvalue weighted by Gasteiger charge is -2.35. The fraction of sp³-hybridized carbons (Fsp3) is 0.391. The topological polar surface area (TPSA) is 154 Å². The van der Waals surface area contributed by atoms with Gasteiger partial charge >= 0.3 is 5.69 Å². The maximum atomic E-state index is 13.2. The van der Waals surface area contributed by atoms with Crippen LogP contribution in [0.2, 0.25) is 0 Å². The van der Waals surface area contributed by atoms with Gasteiger partial charge in [0.15, 0.2) is 11.5 Å². The van der Waals surface area contributed by atoms with Crippen LogP contribution in [-0.4, -0.2) is 76.8 Å². The van der Waals surface area contributed by atoms with E-state index in [0.29, 0.717) is 40.3 Å². The number of rotatable bonds is 4. The van der Waals surface area contributed by atoms with Gasteiger partial charge in [-0.2, -0.15) is 14.6 Å². The summed E-state index contributed by atoms with van der Waals surface area (Å²) >= 11 is 1.33. The summed E-state index contributed by atoms with van der Waals surface area (Å²) < 4.78 is 7.30. The monoisotopic (exact) mass is 508 g/mol. The third-order valence-electron chi connectivity index (χ3n) is 6.00. The van der Waals surface area contributed by atoms with Gasteiger partial charge in [0, 0.05) is 18.3 Å². The number of thiophene rings is 1. The van der Waals surface area contributed by atoms with E-state index in [1.807, 2.05) is 24.8 Å². The van der Waals surface area contributed by atoms with Gasteiger partial charge < -0.3 is 19.7 Å². The summed E-state index contributed by atoms with van der Waals surface area (Å²) in [5.74, 6) is 0.115. The van der Waals surface area contributed by atoms with Gasteiger partial charge in [0.05, 0.1) is 34.2 Å². The summed E-state index contributed by atoms with van der Waals surface area (Å²) in [6.45, 7) is 5.03. The number of imidazole rings is 1. The molecular formula is C23H24N8O4S. The van der Waals surface area contributed by atoms with E-state index < -0.39 is 5.69 Å². The Morgan fingerprint density at radius 1 is 1.22 bits per heavy atom. The molecule has 1 aliphatic carbocycles. The Bertz CT molecular complexity index is 1640. The van der Waals surface area contributed by atoms with E-state index in [1.165, 1.54) is 11.3 Å². The van der Waals surface area contributed by atoms with Gasteiger partial charge in [-0.15, -0.1) is 11.3 Å². The summed E-state index contributed by atoms with van der Waals surface area (Å²) in [4.78, 5) is 46.8. The number of hydrogen-bond acceptors (Lipinski definition) is 9. The van der Waals surface area contributed by atoms with Crippen LogP contribution in [0.3, 0.4) is 0 Å². The largest absolute Gasteiger partial charge is 0.493 e. The molecule has 5 heterocycles. The average molecular weight is 509 g/mol. The molecule has 0 radical (unpaired) electrons. The highest BCUT2D eigenvalue weighted by Gasteiger charge is 2.28. The number of aromatic amines is 2. The van der Waals surface area contributed by atoms with Crippen LogP contribution in [0.4, 0.5) is 0 Å². The molecule has 3 N–H and O–H groups in total. The molecule has 2 unspecified atom stereocenters. The molecule has 1 aliphatic heterocycles. The molecule has 1 saturated heterocycles. The Hall–Kier alpha value is -3.84. The van der Waals surface area contributed by atoms with Crippen molar-refractivity contribution in [2.75, 3.05) is 13.1 Å². The van der Waals surface area contributed by atoms with Gasteiger partial charge in [-0.25, -0.2) is 14.8 Å². The Morgan fingerprint density at radius 2 is 2.00 bits per heavy atom. The normalized spacial score (nSPS) is 21.6. The molecule has 4 aromatic rings. The van der Waals surface area contributed by atoms with E-state index in [4.69, 9.17) is 14.7 Å². The lowest BCUT2D eigenvalue weighted by Crippen LogP contribution is -2.48. The molecule has 1 amide bonds. The molecule has 4 aromatic heterocycles. The van der Waals surface area contributed by atoms with Crippen molar-refractivity contribution in [2.45, 2.75) is 44.9 Å². The Labute approximate surface area is 208 Å². The minimum absolute atomic E-state index is 0.0135. The summed E-state index contributed by atoms with van der Waals surface area (Å²) in [5.41, 5.74) is 0.586. The number of fused-ring (bicyclic) bond motifs is 1. The number of carbonyl (C=O) groups excluding carboxylic acids is 1. The fourth-order valence-electron chi connectivity index (χ4n) is 4.26. The summed E-state index contributed by atoms with van der Waals surface area (Å²) in [6.07, 6.45) is 5.12. The maximum absolute atomic E-state index is 13.2. The van der Waals surface area contributed by atoms with Crippen LogP contribution in [0.1, 0.15) is 42.1 Å². The molecule has 2 atom stereocenters. The number of H-pyrrole nitrogens is 2. The lowest BCUT2D eigenvalue weighted by atomic mass is 10.2. The van der Waals surface area contributed by atoms with Crippen molar-refractivity contribution in [3.8, 4) is 16.6 Å². The molecule has 12 nitrogen and oxygen atoms in total. The fourth-order valence-corrected chi connectivity index (χ4v) is 5.17. The average Bonchev–Trinajstić information content (AvgIpc) is 3.22. The van der Waals surface area contributed by atoms with Crippen molar-refractivity contribution < 1.29 is 14.6 Å². The number of morpholine rings is 1. The van der Waals surface area contributed by atoms with Crippen molar-refractivity contribution in [1.82, 2.24) is 34.4 Å². The minimum atomic E-state index is -0.519. The number of aromatic nitrogens is 6. The van der Waals surface area contributed by atoms with Gasteiger partial charge in [-0.3, -0.25) is 9.78 Å². The Balaban J connectivity index is 1.42. The molecule has 0 spiro atoms. The van der Waals surface area contributed by atoms with Crippen molar-refractivity contribution >= 4 is 29.0 Å². The SMILES string of the molecule is CC1CN(C(=O)c2ccc(-c3nc(=NC4CC4)n4nc/c(=C/c5[nH]c(=O)[nH]c5O)c4n3)s2)CC(C)O1. The second kappa shape index (κ2) is 8.68. The molecule has 36 heavy (non-hydrogen) atoms. The molecule has 2 fully saturated rings. The molecule has 0 bridgehead atoms. The van der Waals surface area contributed by atoms with Crippen LogP contribution in [0.15, 0.2) is 28.1 Å². The van der Waals surface area contributed by atoms with E-state index in [9.17, 15) is 14.7 Å². The second-order valence-electron chi connectivity index (χ2n) is 9.16. The van der Waals surface area contributed by atoms with Crippen molar-refractivity contribution in [1.29, 1.82) is 0 Å². The first-order valence-corrected chi connectivity index (χ1v) is 12.5. The van der Waals surface area contributed by atoms with E-state index in [1.54, 1.807) is 22.9 Å².